The van der Waals surface area contributed by atoms with Crippen molar-refractivity contribution in [2.45, 2.75) is 26.8 Å². The summed E-state index contributed by atoms with van der Waals surface area (Å²) in [7, 11) is 0. The van der Waals surface area contributed by atoms with Crippen LogP contribution in [0.5, 0.6) is 0 Å². The molecule has 2 rings (SSSR count). The van der Waals surface area contributed by atoms with E-state index in [-0.39, 0.29) is 11.9 Å². The molecule has 21 heavy (non-hydrogen) atoms. The van der Waals surface area contributed by atoms with Crippen LogP contribution in [0, 0.1) is 17.2 Å². The summed E-state index contributed by atoms with van der Waals surface area (Å²) in [6.07, 6.45) is 1.67. The van der Waals surface area contributed by atoms with E-state index in [0.717, 1.165) is 0 Å². The monoisotopic (exact) mass is 282 g/mol. The van der Waals surface area contributed by atoms with Gasteiger partial charge in [-0.15, -0.1) is 0 Å². The Morgan fingerprint density at radius 2 is 2.10 bits per heavy atom. The van der Waals surface area contributed by atoms with Crippen LogP contribution in [-0.2, 0) is 0 Å². The van der Waals surface area contributed by atoms with Gasteiger partial charge in [-0.3, -0.25) is 4.79 Å². The highest BCUT2D eigenvalue weighted by Crippen LogP contribution is 2.21. The van der Waals surface area contributed by atoms with Crippen LogP contribution < -0.4 is 5.32 Å². The lowest BCUT2D eigenvalue weighted by Crippen LogP contribution is -2.20. The number of nitrogens with one attached hydrogen (secondary N) is 1. The molecular formula is C16H18N4O. The van der Waals surface area contributed by atoms with E-state index in [0.29, 0.717) is 22.9 Å². The van der Waals surface area contributed by atoms with Crippen molar-refractivity contribution in [3.8, 4) is 6.07 Å². The van der Waals surface area contributed by atoms with Crippen molar-refractivity contribution in [1.82, 2.24) is 9.78 Å². The summed E-state index contributed by atoms with van der Waals surface area (Å²) >= 11 is 0. The highest BCUT2D eigenvalue weighted by atomic mass is 16.1. The Morgan fingerprint density at radius 1 is 1.33 bits per heavy atom. The van der Waals surface area contributed by atoms with E-state index in [9.17, 15) is 4.79 Å². The van der Waals surface area contributed by atoms with Gasteiger partial charge in [-0.1, -0.05) is 19.9 Å². The van der Waals surface area contributed by atoms with Gasteiger partial charge in [-0.25, -0.2) is 4.68 Å². The first-order valence-corrected chi connectivity index (χ1v) is 6.88. The van der Waals surface area contributed by atoms with Crippen LogP contribution in [0.4, 0.5) is 5.82 Å². The maximum atomic E-state index is 12.3. The third-order valence-electron chi connectivity index (χ3n) is 3.52. The average molecular weight is 282 g/mol. The van der Waals surface area contributed by atoms with Crippen molar-refractivity contribution >= 4 is 11.7 Å². The zero-order valence-corrected chi connectivity index (χ0v) is 12.4. The molecule has 0 radical (unpaired) electrons. The minimum atomic E-state index is -0.246. The molecule has 0 fully saturated rings. The largest absolute Gasteiger partial charge is 0.307 e. The van der Waals surface area contributed by atoms with E-state index >= 15 is 0 Å². The average Bonchev–Trinajstić information content (AvgIpc) is 2.94. The van der Waals surface area contributed by atoms with Gasteiger partial charge in [0.05, 0.1) is 23.9 Å². The van der Waals surface area contributed by atoms with E-state index in [1.807, 2.05) is 6.07 Å². The van der Waals surface area contributed by atoms with Gasteiger partial charge in [0.2, 0.25) is 0 Å². The molecule has 108 valence electrons. The number of benzene rings is 1. The molecule has 5 nitrogen and oxygen atoms in total. The summed E-state index contributed by atoms with van der Waals surface area (Å²) < 4.78 is 1.80. The van der Waals surface area contributed by atoms with Crippen LogP contribution in [0.25, 0.3) is 0 Å². The van der Waals surface area contributed by atoms with Gasteiger partial charge in [0, 0.05) is 11.6 Å². The second kappa shape index (κ2) is 6.23. The molecule has 0 spiro atoms. The molecule has 1 aromatic carbocycles. The number of rotatable bonds is 4. The Kier molecular flexibility index (Phi) is 4.39. The number of nitriles is 1. The number of carbonyl (C=O) groups is 1. The van der Waals surface area contributed by atoms with Crippen molar-refractivity contribution in [3.63, 3.8) is 0 Å². The molecule has 1 N–H and O–H groups in total. The zero-order valence-electron chi connectivity index (χ0n) is 12.4. The van der Waals surface area contributed by atoms with Gasteiger partial charge in [0.25, 0.3) is 5.91 Å². The molecule has 0 unspecified atom stereocenters. The molecule has 1 amide bonds. The molecule has 0 saturated heterocycles. The fourth-order valence-electron chi connectivity index (χ4n) is 1.94. The molecule has 0 saturated carbocycles. The Hall–Kier alpha value is -2.61. The van der Waals surface area contributed by atoms with E-state index in [4.69, 9.17) is 5.26 Å². The van der Waals surface area contributed by atoms with Gasteiger partial charge >= 0.3 is 0 Å². The first kappa shape index (κ1) is 14.8. The first-order valence-electron chi connectivity index (χ1n) is 6.88. The minimum absolute atomic E-state index is 0.181. The highest BCUT2D eigenvalue weighted by molar-refractivity contribution is 6.04. The fourth-order valence-corrected chi connectivity index (χ4v) is 1.94. The number of amides is 1. The molecule has 1 atom stereocenters. The van der Waals surface area contributed by atoms with Crippen LogP contribution in [0.15, 0.2) is 36.5 Å². The lowest BCUT2D eigenvalue weighted by molar-refractivity contribution is 0.102. The molecule has 0 bridgehead atoms. The summed E-state index contributed by atoms with van der Waals surface area (Å²) in [5.74, 6) is 0.816. The topological polar surface area (TPSA) is 70.7 Å². The third-order valence-corrected chi connectivity index (χ3v) is 3.52. The Balaban J connectivity index is 2.21. The SMILES string of the molecule is CC(C)[C@@H](C)n1nccc1NC(=O)c1cccc(C#N)c1. The summed E-state index contributed by atoms with van der Waals surface area (Å²) in [5.41, 5.74) is 0.922. The van der Waals surface area contributed by atoms with E-state index < -0.39 is 0 Å². The number of aromatic nitrogens is 2. The summed E-state index contributed by atoms with van der Waals surface area (Å²) in [6.45, 7) is 6.27. The van der Waals surface area contributed by atoms with E-state index in [1.54, 1.807) is 41.2 Å². The molecule has 0 aliphatic carbocycles. The standard InChI is InChI=1S/C16H18N4O/c1-11(2)12(3)20-15(7-8-18-20)19-16(21)14-6-4-5-13(9-14)10-17/h4-9,11-12H,1-3H3,(H,19,21)/t12-/m1/s1. The molecule has 0 aliphatic rings. The van der Waals surface area contributed by atoms with Crippen molar-refractivity contribution in [2.75, 3.05) is 5.32 Å². The molecule has 2 aromatic rings. The maximum absolute atomic E-state index is 12.3. The van der Waals surface area contributed by atoms with Gasteiger partial charge < -0.3 is 5.32 Å². The highest BCUT2D eigenvalue weighted by Gasteiger charge is 2.16. The minimum Gasteiger partial charge on any atom is -0.307 e. The predicted molar refractivity (Wildman–Crippen MR) is 80.9 cm³/mol. The summed E-state index contributed by atoms with van der Waals surface area (Å²) in [4.78, 5) is 12.3. The Bertz CT molecular complexity index is 682. The molecule has 1 aromatic heterocycles. The summed E-state index contributed by atoms with van der Waals surface area (Å²) in [6, 6.07) is 10.6. The molecule has 0 aliphatic heterocycles. The number of anilines is 1. The zero-order chi connectivity index (χ0) is 15.4. The van der Waals surface area contributed by atoms with Crippen LogP contribution in [0.2, 0.25) is 0 Å². The maximum Gasteiger partial charge on any atom is 0.256 e. The first-order chi connectivity index (χ1) is 10.0. The summed E-state index contributed by atoms with van der Waals surface area (Å²) in [5, 5.41) is 16.0. The second-order valence-electron chi connectivity index (χ2n) is 5.29. The van der Waals surface area contributed by atoms with Gasteiger partial charge in [0.15, 0.2) is 0 Å². The van der Waals surface area contributed by atoms with Crippen LogP contribution in [0.1, 0.15) is 42.7 Å². The van der Waals surface area contributed by atoms with Crippen molar-refractivity contribution in [2.24, 2.45) is 5.92 Å². The Morgan fingerprint density at radius 3 is 2.76 bits per heavy atom. The lowest BCUT2D eigenvalue weighted by atomic mass is 10.1. The van der Waals surface area contributed by atoms with E-state index in [2.05, 4.69) is 31.2 Å². The second-order valence-corrected chi connectivity index (χ2v) is 5.29. The van der Waals surface area contributed by atoms with Gasteiger partial charge in [0.1, 0.15) is 5.82 Å². The molecule has 1 heterocycles. The number of hydrogen-bond acceptors (Lipinski definition) is 3. The number of nitrogens with zero attached hydrogens (tertiary/aromatic N) is 3. The predicted octanol–water partition coefficient (Wildman–Crippen LogP) is 3.22. The molecule has 5 heteroatoms. The number of hydrogen-bond donors (Lipinski definition) is 1. The van der Waals surface area contributed by atoms with Gasteiger partial charge in [-0.2, -0.15) is 10.4 Å². The van der Waals surface area contributed by atoms with Crippen LogP contribution in [-0.4, -0.2) is 15.7 Å². The fraction of sp³-hybridized carbons (Fsp3) is 0.312. The van der Waals surface area contributed by atoms with Crippen molar-refractivity contribution in [3.05, 3.63) is 47.7 Å². The normalized spacial score (nSPS) is 12.0. The molecular weight excluding hydrogens is 264 g/mol. The van der Waals surface area contributed by atoms with Crippen LogP contribution in [0.3, 0.4) is 0 Å². The lowest BCUT2D eigenvalue weighted by Gasteiger charge is -2.19. The van der Waals surface area contributed by atoms with Crippen molar-refractivity contribution < 1.29 is 4.79 Å². The number of carbonyl (C=O) groups excluding carboxylic acids is 1. The van der Waals surface area contributed by atoms with E-state index in [1.165, 1.54) is 0 Å². The van der Waals surface area contributed by atoms with Crippen LogP contribution >= 0.6 is 0 Å². The smallest absolute Gasteiger partial charge is 0.256 e. The quantitative estimate of drug-likeness (QED) is 0.935. The third kappa shape index (κ3) is 3.29. The van der Waals surface area contributed by atoms with Crippen molar-refractivity contribution in [1.29, 1.82) is 5.26 Å². The van der Waals surface area contributed by atoms with Gasteiger partial charge in [-0.05, 0) is 31.0 Å². The Labute approximate surface area is 124 Å².